The normalized spacial score (nSPS) is 30.3. The Balaban J connectivity index is 1.25. The summed E-state index contributed by atoms with van der Waals surface area (Å²) in [6, 6.07) is 1.71. The van der Waals surface area contributed by atoms with Crippen LogP contribution in [0.4, 0.5) is 18.0 Å². The largest absolute Gasteiger partial charge is 0.497 e. The van der Waals surface area contributed by atoms with Crippen molar-refractivity contribution in [3.63, 3.8) is 0 Å². The summed E-state index contributed by atoms with van der Waals surface area (Å²) in [7, 11) is 1.64. The molecular weight excluding hydrogens is 535 g/mol. The van der Waals surface area contributed by atoms with Gasteiger partial charge >= 0.3 is 12.2 Å². The summed E-state index contributed by atoms with van der Waals surface area (Å²) in [6.07, 6.45) is 8.83. The van der Waals surface area contributed by atoms with Gasteiger partial charge in [0.2, 0.25) is 0 Å². The van der Waals surface area contributed by atoms with Crippen molar-refractivity contribution >= 4 is 23.5 Å². The number of alkyl halides is 4. The number of amides is 2. The van der Waals surface area contributed by atoms with E-state index >= 15 is 0 Å². The van der Waals surface area contributed by atoms with Crippen molar-refractivity contribution in [3.8, 4) is 6.07 Å². The Kier molecular flexibility index (Phi) is 7.63. The van der Waals surface area contributed by atoms with Gasteiger partial charge in [-0.1, -0.05) is 12.2 Å². The lowest BCUT2D eigenvalue weighted by Crippen LogP contribution is -2.53. The number of ether oxygens (including phenoxy) is 3. The van der Waals surface area contributed by atoms with Crippen LogP contribution in [0.3, 0.4) is 0 Å². The number of nitriles is 1. The molecule has 1 fully saturated rings. The Morgan fingerprint density at radius 2 is 2.00 bits per heavy atom. The van der Waals surface area contributed by atoms with Gasteiger partial charge in [-0.2, -0.15) is 23.4 Å². The second kappa shape index (κ2) is 11.0. The number of urea groups is 1. The van der Waals surface area contributed by atoms with E-state index in [0.29, 0.717) is 48.6 Å². The fraction of sp³-hybridized carbons (Fsp3) is 0.464. The summed E-state index contributed by atoms with van der Waals surface area (Å²) >= 11 is 5.80. The Morgan fingerprint density at radius 1 is 1.21 bits per heavy atom. The molecule has 5 rings (SSSR count). The molecule has 11 heteroatoms. The van der Waals surface area contributed by atoms with E-state index in [4.69, 9.17) is 25.8 Å². The van der Waals surface area contributed by atoms with Gasteiger partial charge in [-0.05, 0) is 54.7 Å². The van der Waals surface area contributed by atoms with Gasteiger partial charge in [0.1, 0.15) is 23.9 Å². The highest BCUT2D eigenvalue weighted by Crippen LogP contribution is 2.40. The lowest BCUT2D eigenvalue weighted by atomic mass is 9.75. The number of fused-ring (bicyclic) bond motifs is 3. The van der Waals surface area contributed by atoms with E-state index in [0.717, 1.165) is 18.3 Å². The van der Waals surface area contributed by atoms with Gasteiger partial charge in [-0.15, -0.1) is 11.6 Å². The second-order valence-corrected chi connectivity index (χ2v) is 10.5. The van der Waals surface area contributed by atoms with Gasteiger partial charge in [-0.3, -0.25) is 0 Å². The Labute approximate surface area is 229 Å². The van der Waals surface area contributed by atoms with Crippen molar-refractivity contribution in [3.05, 3.63) is 71.0 Å². The number of methoxy groups -OCH3 is 1. The maximum absolute atomic E-state index is 13.2. The molecule has 5 atom stereocenters. The highest BCUT2D eigenvalue weighted by atomic mass is 35.5. The Bertz CT molecular complexity index is 1290. The van der Waals surface area contributed by atoms with E-state index in [2.05, 4.69) is 23.2 Å². The lowest BCUT2D eigenvalue weighted by molar-refractivity contribution is -0.160. The van der Waals surface area contributed by atoms with Crippen molar-refractivity contribution in [2.45, 2.75) is 43.3 Å². The molecule has 3 aliphatic carbocycles. The number of aliphatic imine (C=N–C) groups is 1. The third kappa shape index (κ3) is 5.78. The molecule has 0 radical (unpaired) electrons. The van der Waals surface area contributed by atoms with E-state index in [1.54, 1.807) is 12.0 Å². The van der Waals surface area contributed by atoms with E-state index in [-0.39, 0.29) is 36.3 Å². The average molecular weight is 562 g/mol. The van der Waals surface area contributed by atoms with Crippen molar-refractivity contribution in [1.29, 1.82) is 5.26 Å². The van der Waals surface area contributed by atoms with E-state index in [1.165, 1.54) is 18.2 Å². The zero-order valence-electron chi connectivity index (χ0n) is 21.2. The van der Waals surface area contributed by atoms with Crippen LogP contribution >= 0.6 is 11.6 Å². The maximum atomic E-state index is 13.2. The minimum atomic E-state index is -4.50. The molecule has 0 N–H and O–H groups in total. The lowest BCUT2D eigenvalue weighted by Gasteiger charge is -2.45. The summed E-state index contributed by atoms with van der Waals surface area (Å²) in [5, 5.41) is 8.50. The molecule has 2 heterocycles. The summed E-state index contributed by atoms with van der Waals surface area (Å²) in [5.41, 5.74) is 1.02. The second-order valence-electron chi connectivity index (χ2n) is 9.99. The molecule has 5 aliphatic rings. The van der Waals surface area contributed by atoms with Crippen molar-refractivity contribution in [2.75, 3.05) is 20.3 Å². The Morgan fingerprint density at radius 3 is 2.74 bits per heavy atom. The highest BCUT2D eigenvalue weighted by Gasteiger charge is 2.44. The molecule has 0 spiro atoms. The number of hydrogen-bond acceptors (Lipinski definition) is 5. The topological polar surface area (TPSA) is 84.1 Å². The maximum Gasteiger partial charge on any atom is 0.397 e. The monoisotopic (exact) mass is 561 g/mol. The first-order chi connectivity index (χ1) is 18.7. The summed E-state index contributed by atoms with van der Waals surface area (Å²) < 4.78 is 56.7. The molecule has 0 aromatic carbocycles. The molecule has 2 amide bonds. The standard InChI is InChI=1S/C28H27ClF3N3O4/c1-37-19-4-6-22-16(10-19)8-9-35-25(22)13-26(34-27(35)36)38-15-17-2-3-20(11-18(17)14-33)39-21-5-7-24(29)23(12-21)28(30,31)32/h4-7,10-12,16,22-25H,2-3,8-9,13,15H2,1H3. The number of carbonyl (C=O) groups excluding carboxylic acids is 1. The first-order valence-corrected chi connectivity index (χ1v) is 13.2. The van der Waals surface area contributed by atoms with Crippen LogP contribution in [0.1, 0.15) is 25.7 Å². The van der Waals surface area contributed by atoms with Crippen LogP contribution in [0.15, 0.2) is 75.9 Å². The molecule has 1 saturated heterocycles. The fourth-order valence-electron chi connectivity index (χ4n) is 5.57. The van der Waals surface area contributed by atoms with Crippen molar-refractivity contribution < 1.29 is 32.2 Å². The van der Waals surface area contributed by atoms with E-state index < -0.39 is 17.5 Å². The van der Waals surface area contributed by atoms with Crippen LogP contribution < -0.4 is 0 Å². The predicted molar refractivity (Wildman–Crippen MR) is 137 cm³/mol. The molecule has 0 aromatic rings. The van der Waals surface area contributed by atoms with Crippen LogP contribution in [-0.2, 0) is 14.2 Å². The molecule has 0 aromatic heterocycles. The van der Waals surface area contributed by atoms with Crippen molar-refractivity contribution in [1.82, 2.24) is 4.90 Å². The SMILES string of the molecule is COC1=CC2CCN3C(=O)N=C(OCC4=C(C#N)C=C(OC5=CC(C(F)(F)F)C(Cl)C=C5)CC4)CC3C2C=C1. The van der Waals surface area contributed by atoms with Gasteiger partial charge in [0, 0.05) is 31.3 Å². The van der Waals surface area contributed by atoms with Gasteiger partial charge in [0.05, 0.1) is 30.0 Å². The van der Waals surface area contributed by atoms with Gasteiger partial charge in [-0.25, -0.2) is 4.79 Å². The number of halogens is 4. The van der Waals surface area contributed by atoms with Crippen LogP contribution in [0.5, 0.6) is 0 Å². The number of allylic oxidation sites excluding steroid dienone is 8. The smallest absolute Gasteiger partial charge is 0.397 e. The molecule has 39 heavy (non-hydrogen) atoms. The Hall–Kier alpha value is -3.45. The van der Waals surface area contributed by atoms with Gasteiger partial charge in [0.15, 0.2) is 5.90 Å². The highest BCUT2D eigenvalue weighted by molar-refractivity contribution is 6.22. The zero-order valence-corrected chi connectivity index (χ0v) is 21.9. The van der Waals surface area contributed by atoms with Crippen LogP contribution in [-0.4, -0.2) is 54.7 Å². The third-order valence-corrected chi connectivity index (χ3v) is 8.06. The third-order valence-electron chi connectivity index (χ3n) is 7.64. The molecule has 5 unspecified atom stereocenters. The number of carbonyl (C=O) groups is 1. The minimum Gasteiger partial charge on any atom is -0.497 e. The average Bonchev–Trinajstić information content (AvgIpc) is 2.92. The molecule has 0 bridgehead atoms. The number of rotatable bonds is 5. The van der Waals surface area contributed by atoms with Gasteiger partial charge in [0.25, 0.3) is 0 Å². The summed E-state index contributed by atoms with van der Waals surface area (Å²) in [4.78, 5) is 18.7. The fourth-order valence-corrected chi connectivity index (χ4v) is 5.85. The predicted octanol–water partition coefficient (Wildman–Crippen LogP) is 6.09. The van der Waals surface area contributed by atoms with Crippen LogP contribution in [0, 0.1) is 29.1 Å². The van der Waals surface area contributed by atoms with Crippen LogP contribution in [0.25, 0.3) is 0 Å². The number of nitrogens with zero attached hydrogens (tertiary/aromatic N) is 3. The minimum absolute atomic E-state index is 0.0344. The number of hydrogen-bond donors (Lipinski definition) is 0. The molecule has 7 nitrogen and oxygen atoms in total. The van der Waals surface area contributed by atoms with Gasteiger partial charge < -0.3 is 19.1 Å². The molecule has 0 saturated carbocycles. The zero-order chi connectivity index (χ0) is 27.7. The molecule has 206 valence electrons. The molecular formula is C28H27ClF3N3O4. The summed E-state index contributed by atoms with van der Waals surface area (Å²) in [5.74, 6) is 0.114. The first-order valence-electron chi connectivity index (χ1n) is 12.7. The van der Waals surface area contributed by atoms with Crippen LogP contribution in [0.2, 0.25) is 0 Å². The first kappa shape index (κ1) is 27.1. The van der Waals surface area contributed by atoms with Crippen molar-refractivity contribution in [2.24, 2.45) is 22.7 Å². The van der Waals surface area contributed by atoms with E-state index in [9.17, 15) is 23.2 Å². The quantitative estimate of drug-likeness (QED) is 0.380. The number of piperidine rings is 1. The summed E-state index contributed by atoms with van der Waals surface area (Å²) in [6.45, 7) is 0.691. The van der Waals surface area contributed by atoms with E-state index in [1.807, 2.05) is 6.08 Å². The molecule has 2 aliphatic heterocycles.